The molecule has 1 atom stereocenters. The van der Waals surface area contributed by atoms with Crippen LogP contribution < -0.4 is 15.4 Å². The summed E-state index contributed by atoms with van der Waals surface area (Å²) < 4.78 is 28.6. The molecule has 0 aliphatic carbocycles. The summed E-state index contributed by atoms with van der Waals surface area (Å²) in [5.74, 6) is -0.170. The van der Waals surface area contributed by atoms with Crippen molar-refractivity contribution >= 4 is 24.9 Å². The van der Waals surface area contributed by atoms with Crippen LogP contribution in [0.2, 0.25) is 0 Å². The first kappa shape index (κ1) is 20.0. The lowest BCUT2D eigenvalue weighted by Gasteiger charge is -2.26. The predicted molar refractivity (Wildman–Crippen MR) is 102 cm³/mol. The average molecular weight is 378 g/mol. The van der Waals surface area contributed by atoms with Gasteiger partial charge in [0.15, 0.2) is 5.78 Å². The molecule has 0 radical (unpaired) electrons. The minimum atomic E-state index is -3.46. The maximum Gasteiger partial charge on any atom is 0.356 e. The Morgan fingerprint density at radius 1 is 0.923 bits per heavy atom. The number of benzene rings is 2. The highest BCUT2D eigenvalue weighted by Gasteiger charge is 2.35. The molecule has 0 spiro atoms. The summed E-state index contributed by atoms with van der Waals surface area (Å²) in [4.78, 5) is 11.1. The van der Waals surface area contributed by atoms with Crippen molar-refractivity contribution in [1.82, 2.24) is 0 Å². The maximum atomic E-state index is 13.0. The van der Waals surface area contributed by atoms with Gasteiger partial charge in [-0.2, -0.15) is 0 Å². The quantitative estimate of drug-likeness (QED) is 0.668. The fraction of sp³-hybridized carbons (Fsp3) is 0.278. The number of rotatable bonds is 8. The van der Waals surface area contributed by atoms with E-state index in [1.807, 2.05) is 0 Å². The third-order valence-electron chi connectivity index (χ3n) is 3.77. The van der Waals surface area contributed by atoms with E-state index < -0.39 is 13.4 Å². The molecule has 0 aliphatic heterocycles. The number of carbonyl (C=O) groups excluding carboxylic acids is 1. The van der Waals surface area contributed by atoms with Gasteiger partial charge in [-0.15, -0.1) is 0 Å². The van der Waals surface area contributed by atoms with Gasteiger partial charge in [0.25, 0.3) is 0 Å². The van der Waals surface area contributed by atoms with Gasteiger partial charge in [0.1, 0.15) is 5.75 Å². The summed E-state index contributed by atoms with van der Waals surface area (Å²) in [7, 11) is 0.821. The standard InChI is InChI=1S/C18H23N2O5P/c1-13(21)19-15-7-9-16(10-8-15)20-18(26(22,24-3)25-4)14-5-11-17(23-2)12-6-14/h5-12,18,20H,1-4H3,(H,19,21). The Bertz CT molecular complexity index is 769. The normalized spacial score (nSPS) is 12.3. The lowest BCUT2D eigenvalue weighted by Crippen LogP contribution is -2.14. The molecular weight excluding hydrogens is 355 g/mol. The molecule has 0 aromatic heterocycles. The van der Waals surface area contributed by atoms with E-state index in [-0.39, 0.29) is 5.91 Å². The van der Waals surface area contributed by atoms with Crippen LogP contribution in [-0.4, -0.2) is 27.2 Å². The minimum Gasteiger partial charge on any atom is -0.497 e. The van der Waals surface area contributed by atoms with Gasteiger partial charge >= 0.3 is 7.60 Å². The van der Waals surface area contributed by atoms with E-state index in [0.717, 1.165) is 5.56 Å². The lowest BCUT2D eigenvalue weighted by atomic mass is 10.2. The minimum absolute atomic E-state index is 0.148. The Morgan fingerprint density at radius 3 is 1.92 bits per heavy atom. The van der Waals surface area contributed by atoms with Crippen LogP contribution in [0.1, 0.15) is 18.3 Å². The molecule has 2 aromatic carbocycles. The molecule has 0 saturated carbocycles. The monoisotopic (exact) mass is 378 g/mol. The Labute approximate surface area is 153 Å². The van der Waals surface area contributed by atoms with Gasteiger partial charge < -0.3 is 24.4 Å². The van der Waals surface area contributed by atoms with Gasteiger partial charge in [-0.3, -0.25) is 9.36 Å². The molecule has 140 valence electrons. The topological polar surface area (TPSA) is 85.9 Å². The van der Waals surface area contributed by atoms with E-state index in [4.69, 9.17) is 13.8 Å². The predicted octanol–water partition coefficient (Wildman–Crippen LogP) is 4.25. The zero-order valence-electron chi connectivity index (χ0n) is 15.2. The number of carbonyl (C=O) groups is 1. The summed E-state index contributed by atoms with van der Waals surface area (Å²) in [5, 5.41) is 5.89. The van der Waals surface area contributed by atoms with Crippen molar-refractivity contribution in [3.05, 3.63) is 54.1 Å². The zero-order valence-corrected chi connectivity index (χ0v) is 16.1. The smallest absolute Gasteiger partial charge is 0.356 e. The summed E-state index contributed by atoms with van der Waals surface area (Å²) in [6, 6.07) is 14.2. The number of hydrogen-bond acceptors (Lipinski definition) is 6. The fourth-order valence-electron chi connectivity index (χ4n) is 2.43. The van der Waals surface area contributed by atoms with E-state index >= 15 is 0 Å². The highest BCUT2D eigenvalue weighted by atomic mass is 31.2. The van der Waals surface area contributed by atoms with Gasteiger partial charge in [0, 0.05) is 32.5 Å². The number of methoxy groups -OCH3 is 1. The van der Waals surface area contributed by atoms with Gasteiger partial charge in [-0.25, -0.2) is 0 Å². The molecule has 0 heterocycles. The van der Waals surface area contributed by atoms with Crippen molar-refractivity contribution in [3.63, 3.8) is 0 Å². The third-order valence-corrected chi connectivity index (χ3v) is 5.84. The summed E-state index contributed by atoms with van der Waals surface area (Å²) >= 11 is 0. The second-order valence-corrected chi connectivity index (χ2v) is 7.81. The number of nitrogens with one attached hydrogen (secondary N) is 2. The summed E-state index contributed by atoms with van der Waals surface area (Å²) in [6.45, 7) is 1.44. The molecule has 2 rings (SSSR count). The first-order valence-electron chi connectivity index (χ1n) is 7.91. The van der Waals surface area contributed by atoms with Gasteiger partial charge in [-0.05, 0) is 42.0 Å². The molecule has 8 heteroatoms. The Kier molecular flexibility index (Phi) is 6.80. The van der Waals surface area contributed by atoms with Crippen LogP contribution in [0.5, 0.6) is 5.75 Å². The second-order valence-electron chi connectivity index (χ2n) is 5.48. The summed E-state index contributed by atoms with van der Waals surface area (Å²) in [6.07, 6.45) is 0. The first-order chi connectivity index (χ1) is 12.4. The van der Waals surface area contributed by atoms with Crippen molar-refractivity contribution in [2.75, 3.05) is 32.0 Å². The van der Waals surface area contributed by atoms with Crippen LogP contribution in [0.15, 0.2) is 48.5 Å². The lowest BCUT2D eigenvalue weighted by molar-refractivity contribution is -0.114. The number of amides is 1. The summed E-state index contributed by atoms with van der Waals surface area (Å²) in [5.41, 5.74) is 2.10. The molecule has 0 fully saturated rings. The van der Waals surface area contributed by atoms with E-state index in [1.165, 1.54) is 21.1 Å². The molecular formula is C18H23N2O5P. The van der Waals surface area contributed by atoms with Crippen LogP contribution in [0, 0.1) is 0 Å². The van der Waals surface area contributed by atoms with Crippen molar-refractivity contribution in [1.29, 1.82) is 0 Å². The van der Waals surface area contributed by atoms with E-state index in [0.29, 0.717) is 17.1 Å². The van der Waals surface area contributed by atoms with Crippen LogP contribution in [-0.2, 0) is 18.4 Å². The first-order valence-corrected chi connectivity index (χ1v) is 9.52. The van der Waals surface area contributed by atoms with Crippen molar-refractivity contribution < 1.29 is 23.1 Å². The van der Waals surface area contributed by atoms with E-state index in [1.54, 1.807) is 55.6 Å². The highest BCUT2D eigenvalue weighted by molar-refractivity contribution is 7.54. The molecule has 0 saturated heterocycles. The van der Waals surface area contributed by atoms with E-state index in [9.17, 15) is 9.36 Å². The second kappa shape index (κ2) is 8.85. The molecule has 0 bridgehead atoms. The molecule has 1 amide bonds. The third kappa shape index (κ3) is 4.85. The van der Waals surface area contributed by atoms with Crippen molar-refractivity contribution in [2.45, 2.75) is 12.7 Å². The fourth-order valence-corrected chi connectivity index (χ4v) is 3.84. The van der Waals surface area contributed by atoms with Gasteiger partial charge in [0.2, 0.25) is 5.91 Å². The Hall–Kier alpha value is -2.34. The Balaban J connectivity index is 2.31. The van der Waals surface area contributed by atoms with Crippen LogP contribution in [0.4, 0.5) is 11.4 Å². The van der Waals surface area contributed by atoms with Crippen molar-refractivity contribution in [2.24, 2.45) is 0 Å². The zero-order chi connectivity index (χ0) is 19.2. The SMILES string of the molecule is COc1ccc(C(Nc2ccc(NC(C)=O)cc2)P(=O)(OC)OC)cc1. The maximum absolute atomic E-state index is 13.0. The van der Waals surface area contributed by atoms with Crippen LogP contribution in [0.25, 0.3) is 0 Å². The number of ether oxygens (including phenoxy) is 1. The van der Waals surface area contributed by atoms with Gasteiger partial charge in [0.05, 0.1) is 7.11 Å². The van der Waals surface area contributed by atoms with Crippen LogP contribution >= 0.6 is 7.60 Å². The highest BCUT2D eigenvalue weighted by Crippen LogP contribution is 2.59. The van der Waals surface area contributed by atoms with E-state index in [2.05, 4.69) is 10.6 Å². The molecule has 1 unspecified atom stereocenters. The molecule has 7 nitrogen and oxygen atoms in total. The molecule has 2 aromatic rings. The number of anilines is 2. The Morgan fingerprint density at radius 2 is 1.46 bits per heavy atom. The largest absolute Gasteiger partial charge is 0.497 e. The molecule has 2 N–H and O–H groups in total. The van der Waals surface area contributed by atoms with Gasteiger partial charge in [-0.1, -0.05) is 12.1 Å². The average Bonchev–Trinajstić information content (AvgIpc) is 2.66. The van der Waals surface area contributed by atoms with Crippen LogP contribution in [0.3, 0.4) is 0 Å². The van der Waals surface area contributed by atoms with Crippen molar-refractivity contribution in [3.8, 4) is 5.75 Å². The molecule has 26 heavy (non-hydrogen) atoms. The number of hydrogen-bond donors (Lipinski definition) is 2. The molecule has 0 aliphatic rings.